The van der Waals surface area contributed by atoms with Crippen molar-refractivity contribution in [1.82, 2.24) is 9.88 Å². The molecule has 92 valence electrons. The van der Waals surface area contributed by atoms with Gasteiger partial charge in [0.2, 0.25) is 5.91 Å². The highest BCUT2D eigenvalue weighted by atomic mass is 16.3. The van der Waals surface area contributed by atoms with Gasteiger partial charge in [0.1, 0.15) is 0 Å². The summed E-state index contributed by atoms with van der Waals surface area (Å²) in [6.45, 7) is 0.841. The number of hydrogen-bond donors (Lipinski definition) is 2. The van der Waals surface area contributed by atoms with E-state index >= 15 is 0 Å². The molecule has 1 aliphatic heterocycles. The molecule has 3 rings (SSSR count). The number of nitrogens with one attached hydrogen (secondary N) is 1. The van der Waals surface area contributed by atoms with Gasteiger partial charge in [0.05, 0.1) is 6.10 Å². The number of nitrogens with zero attached hydrogens (tertiary/aromatic N) is 1. The molecule has 17 heavy (non-hydrogen) atoms. The van der Waals surface area contributed by atoms with E-state index in [2.05, 4.69) is 9.88 Å². The predicted octanol–water partition coefficient (Wildman–Crippen LogP) is 1.14. The van der Waals surface area contributed by atoms with Crippen LogP contribution in [0.25, 0.3) is 0 Å². The van der Waals surface area contributed by atoms with Crippen LogP contribution in [0.5, 0.6) is 0 Å². The van der Waals surface area contributed by atoms with Crippen LogP contribution in [0.15, 0.2) is 12.3 Å². The van der Waals surface area contributed by atoms with Crippen molar-refractivity contribution in [2.24, 2.45) is 0 Å². The molecule has 0 spiro atoms. The van der Waals surface area contributed by atoms with Crippen LogP contribution in [-0.4, -0.2) is 21.6 Å². The van der Waals surface area contributed by atoms with Gasteiger partial charge in [0, 0.05) is 36.5 Å². The van der Waals surface area contributed by atoms with E-state index in [1.165, 1.54) is 5.69 Å². The molecule has 1 aromatic rings. The Labute approximate surface area is 101 Å². The van der Waals surface area contributed by atoms with Gasteiger partial charge in [-0.2, -0.15) is 0 Å². The van der Waals surface area contributed by atoms with Crippen LogP contribution < -0.4 is 5.32 Å². The first-order valence-corrected chi connectivity index (χ1v) is 6.39. The zero-order valence-corrected chi connectivity index (χ0v) is 9.85. The molecular weight excluding hydrogens is 216 g/mol. The highest BCUT2D eigenvalue weighted by Crippen LogP contribution is 2.30. The number of aliphatic hydroxyl groups excluding tert-OH is 1. The summed E-state index contributed by atoms with van der Waals surface area (Å²) < 4.78 is 2.20. The van der Waals surface area contributed by atoms with Gasteiger partial charge in [-0.1, -0.05) is 0 Å². The maximum Gasteiger partial charge on any atom is 0.220 e. The van der Waals surface area contributed by atoms with Crippen LogP contribution in [0.4, 0.5) is 0 Å². The van der Waals surface area contributed by atoms with E-state index in [1.54, 1.807) is 0 Å². The maximum atomic E-state index is 11.2. The van der Waals surface area contributed by atoms with Crippen LogP contribution >= 0.6 is 0 Å². The molecule has 2 atom stereocenters. The fourth-order valence-corrected chi connectivity index (χ4v) is 2.95. The Morgan fingerprint density at radius 2 is 2.29 bits per heavy atom. The van der Waals surface area contributed by atoms with Crippen LogP contribution in [0, 0.1) is 0 Å². The average molecular weight is 234 g/mol. The smallest absolute Gasteiger partial charge is 0.220 e. The number of hydrogen-bond acceptors (Lipinski definition) is 2. The van der Waals surface area contributed by atoms with Crippen molar-refractivity contribution >= 4 is 5.91 Å². The average Bonchev–Trinajstić information content (AvgIpc) is 2.88. The van der Waals surface area contributed by atoms with Gasteiger partial charge < -0.3 is 15.0 Å². The number of amides is 1. The van der Waals surface area contributed by atoms with Crippen molar-refractivity contribution in [2.45, 2.75) is 50.8 Å². The molecule has 4 heteroatoms. The summed E-state index contributed by atoms with van der Waals surface area (Å²) in [4.78, 5) is 11.2. The van der Waals surface area contributed by atoms with Crippen LogP contribution in [-0.2, 0) is 17.8 Å². The molecule has 1 amide bonds. The van der Waals surface area contributed by atoms with E-state index in [0.29, 0.717) is 6.42 Å². The minimum atomic E-state index is -0.293. The number of carbonyl (C=O) groups excluding carboxylic acids is 1. The maximum absolute atomic E-state index is 11.2. The molecule has 2 aliphatic rings. The molecule has 2 unspecified atom stereocenters. The number of aliphatic hydroxyl groups is 1. The predicted molar refractivity (Wildman–Crippen MR) is 63.5 cm³/mol. The Bertz CT molecular complexity index is 439. The summed E-state index contributed by atoms with van der Waals surface area (Å²) in [5, 5.41) is 12.9. The first-order valence-electron chi connectivity index (χ1n) is 6.39. The second-order valence-electron chi connectivity index (χ2n) is 5.08. The van der Waals surface area contributed by atoms with Crippen molar-refractivity contribution in [3.63, 3.8) is 0 Å². The minimum Gasteiger partial charge on any atom is -0.388 e. The highest BCUT2D eigenvalue weighted by molar-refractivity contribution is 5.78. The van der Waals surface area contributed by atoms with Gasteiger partial charge in [-0.25, -0.2) is 0 Å². The van der Waals surface area contributed by atoms with E-state index in [9.17, 15) is 9.90 Å². The summed E-state index contributed by atoms with van der Waals surface area (Å²) >= 11 is 0. The van der Waals surface area contributed by atoms with Crippen LogP contribution in [0.2, 0.25) is 0 Å². The van der Waals surface area contributed by atoms with Crippen molar-refractivity contribution < 1.29 is 9.90 Å². The van der Waals surface area contributed by atoms with E-state index in [4.69, 9.17) is 0 Å². The van der Waals surface area contributed by atoms with Gasteiger partial charge in [-0.3, -0.25) is 4.79 Å². The Hall–Kier alpha value is -1.29. The van der Waals surface area contributed by atoms with Crippen LogP contribution in [0.3, 0.4) is 0 Å². The molecule has 4 nitrogen and oxygen atoms in total. The zero-order chi connectivity index (χ0) is 11.8. The summed E-state index contributed by atoms with van der Waals surface area (Å²) in [6, 6.07) is 2.29. The molecule has 1 saturated heterocycles. The van der Waals surface area contributed by atoms with Crippen molar-refractivity contribution in [3.05, 3.63) is 23.5 Å². The monoisotopic (exact) mass is 234 g/mol. The molecule has 2 N–H and O–H groups in total. The molecule has 0 saturated carbocycles. The highest BCUT2D eigenvalue weighted by Gasteiger charge is 2.25. The largest absolute Gasteiger partial charge is 0.388 e. The number of rotatable bonds is 2. The lowest BCUT2D eigenvalue weighted by Crippen LogP contribution is -2.30. The zero-order valence-electron chi connectivity index (χ0n) is 9.85. The quantitative estimate of drug-likeness (QED) is 0.806. The third kappa shape index (κ3) is 1.97. The van der Waals surface area contributed by atoms with Crippen molar-refractivity contribution in [1.29, 1.82) is 0 Å². The standard InChI is InChI=1S/C13H18N2O2/c16-12-3-1-2-11-10(12)6-7-15(11)8-9-4-5-13(17)14-9/h6-7,9,12,16H,1-5,8H2,(H,14,17). The topological polar surface area (TPSA) is 54.3 Å². The molecule has 0 bridgehead atoms. The molecule has 0 aromatic carbocycles. The van der Waals surface area contributed by atoms with Gasteiger partial charge in [0.25, 0.3) is 0 Å². The Morgan fingerprint density at radius 3 is 3.06 bits per heavy atom. The second kappa shape index (κ2) is 4.18. The molecule has 1 fully saturated rings. The third-order valence-electron chi connectivity index (χ3n) is 3.87. The van der Waals surface area contributed by atoms with Crippen LogP contribution in [0.1, 0.15) is 43.0 Å². The van der Waals surface area contributed by atoms with Gasteiger partial charge in [-0.15, -0.1) is 0 Å². The fourth-order valence-electron chi connectivity index (χ4n) is 2.95. The molecule has 0 radical (unpaired) electrons. The van der Waals surface area contributed by atoms with Crippen molar-refractivity contribution in [2.75, 3.05) is 0 Å². The molecule has 1 aromatic heterocycles. The Balaban J connectivity index is 1.77. The number of aromatic nitrogens is 1. The first kappa shape index (κ1) is 10.8. The van der Waals surface area contributed by atoms with Gasteiger partial charge in [0.15, 0.2) is 0 Å². The van der Waals surface area contributed by atoms with Gasteiger partial charge >= 0.3 is 0 Å². The lowest BCUT2D eigenvalue weighted by atomic mass is 9.95. The fraction of sp³-hybridized carbons (Fsp3) is 0.615. The third-order valence-corrected chi connectivity index (χ3v) is 3.87. The number of carbonyl (C=O) groups is 1. The van der Waals surface area contributed by atoms with E-state index in [0.717, 1.165) is 37.8 Å². The lowest BCUT2D eigenvalue weighted by Gasteiger charge is -2.21. The SMILES string of the molecule is O=C1CCC(Cn2ccc3c2CCCC3O)N1. The summed E-state index contributed by atoms with van der Waals surface area (Å²) in [5.74, 6) is 0.163. The summed E-state index contributed by atoms with van der Waals surface area (Å²) in [6.07, 6.45) is 6.29. The van der Waals surface area contributed by atoms with E-state index < -0.39 is 0 Å². The minimum absolute atomic E-state index is 0.163. The summed E-state index contributed by atoms with van der Waals surface area (Å²) in [5.41, 5.74) is 2.34. The first-order chi connectivity index (χ1) is 8.24. The molecule has 2 heterocycles. The van der Waals surface area contributed by atoms with Gasteiger partial charge in [-0.05, 0) is 31.7 Å². The number of fused-ring (bicyclic) bond motifs is 1. The van der Waals surface area contributed by atoms with E-state index in [1.807, 2.05) is 12.3 Å². The Kier molecular flexibility index (Phi) is 2.67. The normalized spacial score (nSPS) is 27.9. The van der Waals surface area contributed by atoms with E-state index in [-0.39, 0.29) is 18.1 Å². The second-order valence-corrected chi connectivity index (χ2v) is 5.08. The molecular formula is C13H18N2O2. The molecule has 1 aliphatic carbocycles. The lowest BCUT2D eigenvalue weighted by molar-refractivity contribution is -0.119. The summed E-state index contributed by atoms with van der Waals surface area (Å²) in [7, 11) is 0. The Morgan fingerprint density at radius 1 is 1.41 bits per heavy atom. The van der Waals surface area contributed by atoms with Crippen molar-refractivity contribution in [3.8, 4) is 0 Å².